The number of nitrogens with one attached hydrogen (secondary N) is 1. The fraction of sp³-hybridized carbons (Fsp3) is 1.00. The van der Waals surface area contributed by atoms with E-state index in [1.54, 1.807) is 0 Å². The first-order chi connectivity index (χ1) is 11.3. The summed E-state index contributed by atoms with van der Waals surface area (Å²) in [7, 11) is 0. The molecule has 0 bridgehead atoms. The van der Waals surface area contributed by atoms with Gasteiger partial charge in [0.25, 0.3) is 0 Å². The number of nitrogens with two attached hydrogens (primary N) is 1. The van der Waals surface area contributed by atoms with Crippen LogP contribution < -0.4 is 11.1 Å². The average molecular weight is 363 g/mol. The quantitative estimate of drug-likeness (QED) is 0.258. The van der Waals surface area contributed by atoms with Gasteiger partial charge < -0.3 is 11.1 Å². The Labute approximate surface area is 159 Å². The smallest absolute Gasteiger partial charge is 0.00369 e. The van der Waals surface area contributed by atoms with E-state index in [1.807, 2.05) is 0 Å². The summed E-state index contributed by atoms with van der Waals surface area (Å²) in [6, 6.07) is 0. The second-order valence-corrected chi connectivity index (χ2v) is 7.67. The van der Waals surface area contributed by atoms with Gasteiger partial charge >= 0.3 is 0 Å². The first-order valence-corrected chi connectivity index (χ1v) is 10.7. The minimum absolute atomic E-state index is 0. The summed E-state index contributed by atoms with van der Waals surface area (Å²) < 4.78 is 0. The van der Waals surface area contributed by atoms with Gasteiger partial charge in [0.2, 0.25) is 0 Å². The lowest BCUT2D eigenvalue weighted by Gasteiger charge is -2.05. The van der Waals surface area contributed by atoms with Crippen LogP contribution in [0.1, 0.15) is 110 Å². The van der Waals surface area contributed by atoms with Crippen molar-refractivity contribution in [3.05, 3.63) is 0 Å². The summed E-state index contributed by atoms with van der Waals surface area (Å²) in [5, 5.41) is 3.46. The minimum Gasteiger partial charge on any atom is -0.330 e. The highest BCUT2D eigenvalue weighted by molar-refractivity contribution is 5.85. The summed E-state index contributed by atoms with van der Waals surface area (Å²) in [5.74, 6) is 0.891. The Morgan fingerprint density at radius 1 is 0.583 bits per heavy atom. The van der Waals surface area contributed by atoms with E-state index in [2.05, 4.69) is 19.2 Å². The molecule has 0 saturated carbocycles. The fourth-order valence-electron chi connectivity index (χ4n) is 3.10. The Kier molecular flexibility index (Phi) is 25.6. The second-order valence-electron chi connectivity index (χ2n) is 7.67. The summed E-state index contributed by atoms with van der Waals surface area (Å²) in [6.07, 6.45) is 21.3. The van der Waals surface area contributed by atoms with Crippen molar-refractivity contribution in [2.24, 2.45) is 11.7 Å². The van der Waals surface area contributed by atoms with Crippen LogP contribution >= 0.6 is 12.4 Å². The number of halogens is 1. The van der Waals surface area contributed by atoms with Gasteiger partial charge in [0.15, 0.2) is 0 Å². The molecule has 0 heterocycles. The predicted molar refractivity (Wildman–Crippen MR) is 113 cm³/mol. The summed E-state index contributed by atoms with van der Waals surface area (Å²) >= 11 is 0. The molecule has 0 amide bonds. The van der Waals surface area contributed by atoms with Crippen LogP contribution in [0.15, 0.2) is 0 Å². The molecule has 0 aromatic carbocycles. The highest BCUT2D eigenvalue weighted by Gasteiger charge is 1.96. The van der Waals surface area contributed by atoms with Gasteiger partial charge in [-0.05, 0) is 38.4 Å². The van der Waals surface area contributed by atoms with Crippen molar-refractivity contribution in [1.29, 1.82) is 0 Å². The maximum Gasteiger partial charge on any atom is -0.00369 e. The van der Waals surface area contributed by atoms with Gasteiger partial charge in [-0.1, -0.05) is 97.3 Å². The lowest BCUT2D eigenvalue weighted by molar-refractivity contribution is 0.502. The van der Waals surface area contributed by atoms with Gasteiger partial charge in [-0.15, -0.1) is 12.4 Å². The van der Waals surface area contributed by atoms with Crippen LogP contribution in [0.25, 0.3) is 0 Å². The fourth-order valence-corrected chi connectivity index (χ4v) is 3.10. The second kappa shape index (κ2) is 23.2. The van der Waals surface area contributed by atoms with E-state index >= 15 is 0 Å². The molecule has 3 N–H and O–H groups in total. The van der Waals surface area contributed by atoms with Crippen molar-refractivity contribution in [3.8, 4) is 0 Å². The van der Waals surface area contributed by atoms with Gasteiger partial charge in [0.1, 0.15) is 0 Å². The van der Waals surface area contributed by atoms with Gasteiger partial charge in [-0.25, -0.2) is 0 Å². The molecular weight excluding hydrogens is 316 g/mol. The summed E-state index contributed by atoms with van der Waals surface area (Å²) in [4.78, 5) is 0. The molecule has 0 spiro atoms. The van der Waals surface area contributed by atoms with Crippen LogP contribution in [0.4, 0.5) is 0 Å². The Balaban J connectivity index is 0. The molecule has 0 atom stereocenters. The van der Waals surface area contributed by atoms with E-state index in [1.165, 1.54) is 96.4 Å². The highest BCUT2D eigenvalue weighted by atomic mass is 35.5. The Morgan fingerprint density at radius 2 is 0.958 bits per heavy atom. The molecular formula is C21H47ClN2. The SMILES string of the molecule is CC(C)CCCCCCCCCCCCCCCNCCCN.Cl. The lowest BCUT2D eigenvalue weighted by atomic mass is 10.0. The van der Waals surface area contributed by atoms with Gasteiger partial charge in [-0.3, -0.25) is 0 Å². The topological polar surface area (TPSA) is 38.0 Å². The average Bonchev–Trinajstić information content (AvgIpc) is 2.53. The van der Waals surface area contributed by atoms with Gasteiger partial charge in [-0.2, -0.15) is 0 Å². The van der Waals surface area contributed by atoms with Crippen molar-refractivity contribution >= 4 is 12.4 Å². The van der Waals surface area contributed by atoms with E-state index < -0.39 is 0 Å². The molecule has 0 aromatic rings. The molecule has 0 aliphatic heterocycles. The molecule has 0 saturated heterocycles. The van der Waals surface area contributed by atoms with Crippen LogP contribution in [-0.2, 0) is 0 Å². The Bertz CT molecular complexity index is 210. The molecule has 2 nitrogen and oxygen atoms in total. The van der Waals surface area contributed by atoms with Gasteiger partial charge in [0.05, 0.1) is 0 Å². The molecule has 0 rings (SSSR count). The monoisotopic (exact) mass is 362 g/mol. The van der Waals surface area contributed by atoms with Crippen molar-refractivity contribution in [2.45, 2.75) is 110 Å². The van der Waals surface area contributed by atoms with Crippen LogP contribution in [0.3, 0.4) is 0 Å². The van der Waals surface area contributed by atoms with E-state index in [0.717, 1.165) is 25.4 Å². The maximum absolute atomic E-state index is 5.46. The molecule has 0 fully saturated rings. The predicted octanol–water partition coefficient (Wildman–Crippen LogP) is 6.46. The van der Waals surface area contributed by atoms with Crippen LogP contribution in [0.5, 0.6) is 0 Å². The number of rotatable bonds is 19. The Hall–Kier alpha value is 0.210. The van der Waals surface area contributed by atoms with Crippen LogP contribution in [0.2, 0.25) is 0 Å². The molecule has 0 radical (unpaired) electrons. The third-order valence-corrected chi connectivity index (χ3v) is 4.69. The molecule has 0 aliphatic rings. The van der Waals surface area contributed by atoms with Crippen molar-refractivity contribution in [3.63, 3.8) is 0 Å². The lowest BCUT2D eigenvalue weighted by Crippen LogP contribution is -2.19. The first-order valence-electron chi connectivity index (χ1n) is 10.7. The van der Waals surface area contributed by atoms with Crippen molar-refractivity contribution in [2.75, 3.05) is 19.6 Å². The normalized spacial score (nSPS) is 11.0. The molecule has 24 heavy (non-hydrogen) atoms. The van der Waals surface area contributed by atoms with Crippen molar-refractivity contribution < 1.29 is 0 Å². The number of hydrogen-bond donors (Lipinski definition) is 2. The third kappa shape index (κ3) is 24.5. The van der Waals surface area contributed by atoms with Gasteiger partial charge in [0, 0.05) is 0 Å². The van der Waals surface area contributed by atoms with E-state index in [9.17, 15) is 0 Å². The highest BCUT2D eigenvalue weighted by Crippen LogP contribution is 2.14. The maximum atomic E-state index is 5.46. The standard InChI is InChI=1S/C21H46N2.ClH/c1-21(2)17-14-12-10-8-6-4-3-5-7-9-11-13-15-19-23-20-16-18-22;/h21,23H,3-20,22H2,1-2H3;1H. The van der Waals surface area contributed by atoms with E-state index in [0.29, 0.717) is 0 Å². The minimum atomic E-state index is 0. The molecule has 3 heteroatoms. The summed E-state index contributed by atoms with van der Waals surface area (Å²) in [6.45, 7) is 7.75. The third-order valence-electron chi connectivity index (χ3n) is 4.69. The zero-order valence-electron chi connectivity index (χ0n) is 16.8. The molecule has 148 valence electrons. The first kappa shape index (κ1) is 26.4. The molecule has 0 aliphatic carbocycles. The Morgan fingerprint density at radius 3 is 1.38 bits per heavy atom. The number of hydrogen-bond acceptors (Lipinski definition) is 2. The van der Waals surface area contributed by atoms with E-state index in [-0.39, 0.29) is 12.4 Å². The van der Waals surface area contributed by atoms with E-state index in [4.69, 9.17) is 5.73 Å². The van der Waals surface area contributed by atoms with Crippen LogP contribution in [-0.4, -0.2) is 19.6 Å². The number of unbranched alkanes of at least 4 members (excludes halogenated alkanes) is 12. The molecule has 0 unspecified atom stereocenters. The summed E-state index contributed by atoms with van der Waals surface area (Å²) in [5.41, 5.74) is 5.46. The zero-order chi connectivity index (χ0) is 17.0. The molecule has 0 aromatic heterocycles. The van der Waals surface area contributed by atoms with Crippen molar-refractivity contribution in [1.82, 2.24) is 5.32 Å². The largest absolute Gasteiger partial charge is 0.330 e. The van der Waals surface area contributed by atoms with Crippen LogP contribution in [0, 0.1) is 5.92 Å². The zero-order valence-corrected chi connectivity index (χ0v) is 17.6.